The van der Waals surface area contributed by atoms with Crippen LogP contribution in [0.4, 0.5) is 5.69 Å². The van der Waals surface area contributed by atoms with Crippen LogP contribution in [0, 0.1) is 17.8 Å². The minimum Gasteiger partial charge on any atom is -0.457 e. The molecule has 1 aromatic carbocycles. The molecule has 7 heteroatoms. The zero-order valence-corrected chi connectivity index (χ0v) is 15.1. The highest BCUT2D eigenvalue weighted by atomic mass is 32.2. The number of Topliss-reactive ketones (excluding diaryl/α,β-unsaturated/α-hetero) is 1. The number of anilines is 1. The maximum atomic E-state index is 12.1. The molecule has 2 bridgehead atoms. The number of nitrogens with one attached hydrogen (secondary N) is 1. The molecule has 0 amide bonds. The number of carbonyl (C=O) groups excluding carboxylic acids is 2. The Morgan fingerprint density at radius 2 is 1.88 bits per heavy atom. The van der Waals surface area contributed by atoms with Gasteiger partial charge in [-0.3, -0.25) is 14.3 Å². The number of hydrogen-bond donors (Lipinski definition) is 1. The zero-order chi connectivity index (χ0) is 18.0. The Bertz CT molecular complexity index is 756. The van der Waals surface area contributed by atoms with E-state index in [0.29, 0.717) is 29.5 Å². The number of ketones is 1. The Labute approximate surface area is 148 Å². The van der Waals surface area contributed by atoms with Crippen molar-refractivity contribution >= 4 is 27.5 Å². The molecular formula is C18H23NO5S. The van der Waals surface area contributed by atoms with Crippen LogP contribution in [0.1, 0.15) is 42.5 Å². The fraction of sp³-hybridized carbons (Fsp3) is 0.556. The second kappa shape index (κ2) is 7.15. The first-order chi connectivity index (χ1) is 11.8. The number of hydrogen-bond acceptors (Lipinski definition) is 5. The number of carbonyl (C=O) groups is 2. The first kappa shape index (κ1) is 17.9. The predicted molar refractivity (Wildman–Crippen MR) is 93.8 cm³/mol. The summed E-state index contributed by atoms with van der Waals surface area (Å²) in [5, 5.41) is 0. The third-order valence-corrected chi connectivity index (χ3v) is 5.79. The van der Waals surface area contributed by atoms with Gasteiger partial charge in [0, 0.05) is 17.7 Å². The van der Waals surface area contributed by atoms with Crippen molar-refractivity contribution in [3.8, 4) is 0 Å². The van der Waals surface area contributed by atoms with Gasteiger partial charge in [0.25, 0.3) is 0 Å². The monoisotopic (exact) mass is 365 g/mol. The lowest BCUT2D eigenvalue weighted by molar-refractivity contribution is -0.144. The molecule has 2 aliphatic rings. The Morgan fingerprint density at radius 3 is 2.44 bits per heavy atom. The molecule has 0 radical (unpaired) electrons. The van der Waals surface area contributed by atoms with Gasteiger partial charge >= 0.3 is 5.97 Å². The van der Waals surface area contributed by atoms with Crippen molar-refractivity contribution in [2.24, 2.45) is 17.8 Å². The molecule has 0 spiro atoms. The van der Waals surface area contributed by atoms with Crippen LogP contribution in [-0.2, 0) is 19.6 Å². The van der Waals surface area contributed by atoms with E-state index in [2.05, 4.69) is 4.72 Å². The van der Waals surface area contributed by atoms with Gasteiger partial charge in [-0.25, -0.2) is 8.42 Å². The summed E-state index contributed by atoms with van der Waals surface area (Å²) in [6.07, 6.45) is 6.33. The second-order valence-electron chi connectivity index (χ2n) is 7.17. The molecule has 1 N–H and O–H groups in total. The van der Waals surface area contributed by atoms with Gasteiger partial charge < -0.3 is 4.74 Å². The average Bonchev–Trinajstić information content (AvgIpc) is 3.14. The van der Waals surface area contributed by atoms with Gasteiger partial charge in [0.1, 0.15) is 0 Å². The molecule has 6 nitrogen and oxygen atoms in total. The maximum absolute atomic E-state index is 12.1. The molecule has 3 rings (SSSR count). The van der Waals surface area contributed by atoms with Gasteiger partial charge in [0.15, 0.2) is 12.4 Å². The van der Waals surface area contributed by atoms with Gasteiger partial charge in [-0.15, -0.1) is 0 Å². The van der Waals surface area contributed by atoms with Crippen molar-refractivity contribution in [3.63, 3.8) is 0 Å². The van der Waals surface area contributed by atoms with E-state index >= 15 is 0 Å². The predicted octanol–water partition coefficient (Wildman–Crippen LogP) is 2.61. The van der Waals surface area contributed by atoms with E-state index in [-0.39, 0.29) is 18.4 Å². The average molecular weight is 365 g/mol. The first-order valence-electron chi connectivity index (χ1n) is 8.57. The smallest absolute Gasteiger partial charge is 0.306 e. The van der Waals surface area contributed by atoms with Crippen molar-refractivity contribution in [2.75, 3.05) is 17.6 Å². The third kappa shape index (κ3) is 4.81. The molecule has 0 unspecified atom stereocenters. The molecule has 0 saturated heterocycles. The minimum absolute atomic E-state index is 0.279. The third-order valence-electron chi connectivity index (χ3n) is 5.19. The molecule has 2 fully saturated rings. The van der Waals surface area contributed by atoms with Crippen molar-refractivity contribution in [1.82, 2.24) is 0 Å². The van der Waals surface area contributed by atoms with Gasteiger partial charge in [-0.2, -0.15) is 0 Å². The Balaban J connectivity index is 1.46. The Kier molecular flexibility index (Phi) is 5.13. The summed E-state index contributed by atoms with van der Waals surface area (Å²) in [6.45, 7) is -0.279. The largest absolute Gasteiger partial charge is 0.457 e. The van der Waals surface area contributed by atoms with Gasteiger partial charge in [0.05, 0.1) is 6.26 Å². The summed E-state index contributed by atoms with van der Waals surface area (Å²) in [7, 11) is -3.35. The maximum Gasteiger partial charge on any atom is 0.306 e. The van der Waals surface area contributed by atoms with Crippen LogP contribution in [0.25, 0.3) is 0 Å². The highest BCUT2D eigenvalue weighted by molar-refractivity contribution is 7.92. The molecule has 136 valence electrons. The molecule has 0 aliphatic heterocycles. The van der Waals surface area contributed by atoms with Gasteiger partial charge in [-0.1, -0.05) is 6.42 Å². The van der Waals surface area contributed by atoms with Crippen LogP contribution in [0.3, 0.4) is 0 Å². The lowest BCUT2D eigenvalue weighted by Crippen LogP contribution is -2.19. The lowest BCUT2D eigenvalue weighted by Gasteiger charge is -2.20. The van der Waals surface area contributed by atoms with Gasteiger partial charge in [-0.05, 0) is 61.3 Å². The number of rotatable bonds is 7. The molecule has 0 aromatic heterocycles. The van der Waals surface area contributed by atoms with Crippen LogP contribution >= 0.6 is 0 Å². The molecule has 2 aliphatic carbocycles. The first-order valence-corrected chi connectivity index (χ1v) is 10.5. The second-order valence-corrected chi connectivity index (χ2v) is 8.92. The molecule has 0 heterocycles. The summed E-state index contributed by atoms with van der Waals surface area (Å²) in [5.41, 5.74) is 0.763. The topological polar surface area (TPSA) is 89.5 Å². The Morgan fingerprint density at radius 1 is 1.16 bits per heavy atom. The summed E-state index contributed by atoms with van der Waals surface area (Å²) < 4.78 is 29.8. The number of esters is 1. The SMILES string of the molecule is CS(=O)(=O)Nc1ccc(C(=O)COC(=O)C[C@H]2C[C@@H]3CC[C@@H]2C3)cc1. The standard InChI is InChI=1S/C18H23NO5S/c1-25(22,23)19-16-6-4-13(5-7-16)17(20)11-24-18(21)10-15-9-12-2-3-14(15)8-12/h4-7,12,14-15,19H,2-3,8-11H2,1H3/t12-,14-,15-/m1/s1. The van der Waals surface area contributed by atoms with Crippen LogP contribution in [0.5, 0.6) is 0 Å². The highest BCUT2D eigenvalue weighted by Crippen LogP contribution is 2.49. The van der Waals surface area contributed by atoms with Crippen LogP contribution in [-0.4, -0.2) is 33.0 Å². The number of benzene rings is 1. The molecule has 25 heavy (non-hydrogen) atoms. The van der Waals surface area contributed by atoms with Crippen molar-refractivity contribution in [2.45, 2.75) is 32.1 Å². The molecular weight excluding hydrogens is 342 g/mol. The van der Waals surface area contributed by atoms with Crippen LogP contribution < -0.4 is 4.72 Å². The van der Waals surface area contributed by atoms with Crippen molar-refractivity contribution in [3.05, 3.63) is 29.8 Å². The van der Waals surface area contributed by atoms with E-state index < -0.39 is 10.0 Å². The summed E-state index contributed by atoms with van der Waals surface area (Å²) >= 11 is 0. The van der Waals surface area contributed by atoms with E-state index in [1.54, 1.807) is 0 Å². The van der Waals surface area contributed by atoms with E-state index in [4.69, 9.17) is 4.74 Å². The van der Waals surface area contributed by atoms with E-state index in [0.717, 1.165) is 18.6 Å². The highest BCUT2D eigenvalue weighted by Gasteiger charge is 2.40. The summed E-state index contributed by atoms with van der Waals surface area (Å²) in [5.74, 6) is 1.25. The van der Waals surface area contributed by atoms with Crippen LogP contribution in [0.15, 0.2) is 24.3 Å². The summed E-state index contributed by atoms with van der Waals surface area (Å²) in [4.78, 5) is 24.1. The summed E-state index contributed by atoms with van der Waals surface area (Å²) in [6, 6.07) is 6.04. The van der Waals surface area contributed by atoms with Crippen molar-refractivity contribution < 1.29 is 22.7 Å². The number of sulfonamides is 1. The Hall–Kier alpha value is -1.89. The van der Waals surface area contributed by atoms with Gasteiger partial charge in [0.2, 0.25) is 10.0 Å². The fourth-order valence-corrected chi connectivity index (χ4v) is 4.63. The van der Waals surface area contributed by atoms with Crippen molar-refractivity contribution in [1.29, 1.82) is 0 Å². The molecule has 3 atom stereocenters. The lowest BCUT2D eigenvalue weighted by atomic mass is 9.86. The van der Waals surface area contributed by atoms with E-state index in [1.807, 2.05) is 0 Å². The quantitative estimate of drug-likeness (QED) is 0.592. The number of ether oxygens (including phenoxy) is 1. The number of fused-ring (bicyclic) bond motifs is 2. The minimum atomic E-state index is -3.35. The van der Waals surface area contributed by atoms with E-state index in [9.17, 15) is 18.0 Å². The molecule has 1 aromatic rings. The van der Waals surface area contributed by atoms with E-state index in [1.165, 1.54) is 43.5 Å². The van der Waals surface area contributed by atoms with Crippen LogP contribution in [0.2, 0.25) is 0 Å². The normalized spacial score (nSPS) is 24.9. The fourth-order valence-electron chi connectivity index (χ4n) is 4.07. The zero-order valence-electron chi connectivity index (χ0n) is 14.2. The molecule has 2 saturated carbocycles.